The molecule has 0 spiro atoms. The number of hydrogen-bond acceptors (Lipinski definition) is 7. The molecule has 0 N–H and O–H groups in total. The zero-order valence-electron chi connectivity index (χ0n) is 22.2. The molecule has 1 fully saturated rings. The van der Waals surface area contributed by atoms with E-state index in [0.29, 0.717) is 18.7 Å². The monoisotopic (exact) mass is 524 g/mol. The predicted molar refractivity (Wildman–Crippen MR) is 142 cm³/mol. The Morgan fingerprint density at radius 1 is 1.03 bits per heavy atom. The van der Waals surface area contributed by atoms with Crippen LogP contribution in [0.15, 0.2) is 60.9 Å². The molecule has 0 aliphatic carbocycles. The van der Waals surface area contributed by atoms with Crippen molar-refractivity contribution in [3.05, 3.63) is 72.0 Å². The number of likely N-dealkylation sites (tertiary alicyclic amines) is 1. The number of rotatable bonds is 12. The van der Waals surface area contributed by atoms with Crippen molar-refractivity contribution in [2.24, 2.45) is 0 Å². The first-order valence-electron chi connectivity index (χ1n) is 12.8. The molecule has 0 unspecified atom stereocenters. The fourth-order valence-electron chi connectivity index (χ4n) is 4.17. The highest BCUT2D eigenvalue weighted by atomic mass is 16.5. The number of methoxy groups -OCH3 is 1. The minimum Gasteiger partial charge on any atom is -0.504 e. The molecule has 2 atom stereocenters. The predicted octanol–water partition coefficient (Wildman–Crippen LogP) is 4.26. The van der Waals surface area contributed by atoms with Crippen molar-refractivity contribution >= 4 is 24.0 Å². The summed E-state index contributed by atoms with van der Waals surface area (Å²) in [6.07, 6.45) is 3.38. The summed E-state index contributed by atoms with van der Waals surface area (Å²) in [5.41, 5.74) is 1.81. The molecule has 0 aromatic heterocycles. The number of urea groups is 1. The number of nitrogens with zero attached hydrogens (tertiary/aromatic N) is 2. The van der Waals surface area contributed by atoms with Gasteiger partial charge in [-0.05, 0) is 43.2 Å². The molecule has 0 radical (unpaired) electrons. The van der Waals surface area contributed by atoms with Crippen molar-refractivity contribution in [2.75, 3.05) is 33.4 Å². The Morgan fingerprint density at radius 2 is 1.76 bits per heavy atom. The largest absolute Gasteiger partial charge is 0.504 e. The normalized spacial score (nSPS) is 16.8. The Kier molecular flexibility index (Phi) is 11.0. The molecule has 1 heterocycles. The van der Waals surface area contributed by atoms with Crippen LogP contribution in [0.2, 0.25) is 0 Å². The van der Waals surface area contributed by atoms with E-state index >= 15 is 0 Å². The summed E-state index contributed by atoms with van der Waals surface area (Å²) in [5.74, 6) is -0.233. The Balaban J connectivity index is 1.71. The summed E-state index contributed by atoms with van der Waals surface area (Å²) in [5, 5.41) is 0. The highest BCUT2D eigenvalue weighted by molar-refractivity contribution is 5.85. The van der Waals surface area contributed by atoms with Gasteiger partial charge in [0.25, 0.3) is 0 Å². The minimum atomic E-state index is -0.809. The molecule has 1 aliphatic heterocycles. The Morgan fingerprint density at radius 3 is 2.42 bits per heavy atom. The highest BCUT2D eigenvalue weighted by Gasteiger charge is 2.43. The third-order valence-corrected chi connectivity index (χ3v) is 6.13. The molecule has 2 amide bonds. The van der Waals surface area contributed by atoms with Gasteiger partial charge in [-0.25, -0.2) is 9.59 Å². The van der Waals surface area contributed by atoms with Crippen LogP contribution in [0, 0.1) is 0 Å². The molecule has 2 aromatic carbocycles. The van der Waals surface area contributed by atoms with E-state index in [-0.39, 0.29) is 44.7 Å². The van der Waals surface area contributed by atoms with Crippen LogP contribution in [0.4, 0.5) is 4.79 Å². The van der Waals surface area contributed by atoms with Gasteiger partial charge >= 0.3 is 18.0 Å². The third kappa shape index (κ3) is 8.26. The van der Waals surface area contributed by atoms with Crippen LogP contribution in [0.5, 0.6) is 5.75 Å². The van der Waals surface area contributed by atoms with Crippen molar-refractivity contribution in [3.63, 3.8) is 0 Å². The number of ether oxygens (including phenoxy) is 4. The van der Waals surface area contributed by atoms with Gasteiger partial charge in [0.2, 0.25) is 0 Å². The summed E-state index contributed by atoms with van der Waals surface area (Å²) in [7, 11) is 1.58. The van der Waals surface area contributed by atoms with Crippen molar-refractivity contribution < 1.29 is 33.3 Å². The number of amides is 2. The first-order valence-corrected chi connectivity index (χ1v) is 12.8. The van der Waals surface area contributed by atoms with Crippen molar-refractivity contribution in [1.29, 1.82) is 0 Å². The fraction of sp³-hybridized carbons (Fsp3) is 0.414. The number of benzene rings is 2. The quantitative estimate of drug-likeness (QED) is 0.302. The van der Waals surface area contributed by atoms with Gasteiger partial charge in [0.15, 0.2) is 0 Å². The summed E-state index contributed by atoms with van der Waals surface area (Å²) in [6, 6.07) is 15.7. The molecule has 2 aromatic rings. The van der Waals surface area contributed by atoms with E-state index in [0.717, 1.165) is 11.1 Å². The fourth-order valence-corrected chi connectivity index (χ4v) is 4.17. The van der Waals surface area contributed by atoms with Gasteiger partial charge < -0.3 is 28.7 Å². The maximum atomic E-state index is 13.5. The molecule has 204 valence electrons. The average Bonchev–Trinajstić information content (AvgIpc) is 3.36. The first kappa shape index (κ1) is 28.6. The van der Waals surface area contributed by atoms with Gasteiger partial charge in [-0.3, -0.25) is 4.79 Å². The third-order valence-electron chi connectivity index (χ3n) is 6.13. The van der Waals surface area contributed by atoms with Gasteiger partial charge in [-0.2, -0.15) is 0 Å². The van der Waals surface area contributed by atoms with Crippen molar-refractivity contribution in [3.8, 4) is 5.75 Å². The van der Waals surface area contributed by atoms with E-state index in [1.165, 1.54) is 9.80 Å². The maximum absolute atomic E-state index is 13.5. The first-order chi connectivity index (χ1) is 18.4. The molecule has 0 saturated carbocycles. The summed E-state index contributed by atoms with van der Waals surface area (Å²) in [4.78, 5) is 41.5. The molecular formula is C29H36N2O7. The van der Waals surface area contributed by atoms with Crippen LogP contribution in [-0.2, 0) is 30.4 Å². The molecule has 1 aliphatic rings. The number of carbonyl (C=O) groups is 3. The van der Waals surface area contributed by atoms with Crippen LogP contribution >= 0.6 is 0 Å². The molecule has 1 saturated heterocycles. The second-order valence-electron chi connectivity index (χ2n) is 8.76. The molecule has 0 bridgehead atoms. The van der Waals surface area contributed by atoms with E-state index in [9.17, 15) is 14.4 Å². The minimum absolute atomic E-state index is 0.0776. The van der Waals surface area contributed by atoms with E-state index in [1.807, 2.05) is 67.6 Å². The van der Waals surface area contributed by atoms with Crippen LogP contribution in [-0.4, -0.2) is 73.3 Å². The van der Waals surface area contributed by atoms with Gasteiger partial charge in [0.1, 0.15) is 24.5 Å². The molecule has 38 heavy (non-hydrogen) atoms. The summed E-state index contributed by atoms with van der Waals surface area (Å²) >= 11 is 0. The average molecular weight is 525 g/mol. The van der Waals surface area contributed by atoms with Crippen molar-refractivity contribution in [2.45, 2.75) is 45.4 Å². The second-order valence-corrected chi connectivity index (χ2v) is 8.76. The molecule has 3 rings (SSSR count). The number of esters is 2. The zero-order valence-corrected chi connectivity index (χ0v) is 22.2. The van der Waals surface area contributed by atoms with E-state index in [4.69, 9.17) is 18.9 Å². The lowest BCUT2D eigenvalue weighted by Gasteiger charge is -2.30. The van der Waals surface area contributed by atoms with E-state index < -0.39 is 18.1 Å². The van der Waals surface area contributed by atoms with Crippen LogP contribution in [0.1, 0.15) is 37.8 Å². The molecular weight excluding hydrogens is 488 g/mol. The van der Waals surface area contributed by atoms with Gasteiger partial charge in [0.05, 0.1) is 32.9 Å². The second kappa shape index (κ2) is 14.7. The van der Waals surface area contributed by atoms with Crippen LogP contribution in [0.3, 0.4) is 0 Å². The summed E-state index contributed by atoms with van der Waals surface area (Å²) < 4.78 is 21.7. The zero-order chi connectivity index (χ0) is 27.3. The number of hydrogen-bond donors (Lipinski definition) is 0. The van der Waals surface area contributed by atoms with Gasteiger partial charge in [-0.1, -0.05) is 42.5 Å². The smallest absolute Gasteiger partial charge is 0.329 e. The molecule has 9 heteroatoms. The Bertz CT molecular complexity index is 1070. The van der Waals surface area contributed by atoms with Gasteiger partial charge in [0, 0.05) is 19.5 Å². The van der Waals surface area contributed by atoms with Crippen LogP contribution < -0.4 is 4.74 Å². The topological polar surface area (TPSA) is 94.6 Å². The van der Waals surface area contributed by atoms with E-state index in [1.54, 1.807) is 20.3 Å². The standard InChI is InChI=1S/C29H36N2O7/c1-4-30(17-15-27(32)36-5-2)29(34)31-20-25(38-24-13-11-22(12-14-24)16-18-35-3)19-26(31)28(33)37-21-23-9-7-6-8-10-23/h6-14,16,18,25-26H,4-5,15,17,19-21H2,1-3H3/t25-,26-/m0/s1. The lowest BCUT2D eigenvalue weighted by Crippen LogP contribution is -2.49. The van der Waals surface area contributed by atoms with E-state index in [2.05, 4.69) is 0 Å². The maximum Gasteiger partial charge on any atom is 0.329 e. The lowest BCUT2D eigenvalue weighted by atomic mass is 10.2. The summed E-state index contributed by atoms with van der Waals surface area (Å²) in [6.45, 7) is 4.74. The Labute approximate surface area is 223 Å². The van der Waals surface area contributed by atoms with Gasteiger partial charge in [-0.15, -0.1) is 0 Å². The molecule has 9 nitrogen and oxygen atoms in total. The number of carbonyl (C=O) groups excluding carboxylic acids is 3. The van der Waals surface area contributed by atoms with Crippen molar-refractivity contribution in [1.82, 2.24) is 9.80 Å². The highest BCUT2D eigenvalue weighted by Crippen LogP contribution is 2.26. The SMILES string of the molecule is CCOC(=O)CCN(CC)C(=O)N1C[C@@H](Oc2ccc(C=COC)cc2)C[C@H]1C(=O)OCc1ccccc1. The lowest BCUT2D eigenvalue weighted by molar-refractivity contribution is -0.149. The Hall–Kier alpha value is -4.01. The van der Waals surface area contributed by atoms with Crippen LogP contribution in [0.25, 0.3) is 6.08 Å².